The molecule has 7 fully saturated rings. The van der Waals surface area contributed by atoms with Crippen molar-refractivity contribution < 1.29 is 44.3 Å². The topological polar surface area (TPSA) is 200 Å². The van der Waals surface area contributed by atoms with Gasteiger partial charge in [-0.25, -0.2) is 0 Å². The van der Waals surface area contributed by atoms with Crippen LogP contribution in [0.1, 0.15) is 166 Å². The molecule has 7 rings (SSSR count). The number of aliphatic hydroxyl groups is 3. The number of amides is 2. The molecule has 12 atom stereocenters. The number of aliphatic carboxylic acids is 1. The highest BCUT2D eigenvalue weighted by atomic mass is 16.5. The molecule has 1 aliphatic heterocycles. The van der Waals surface area contributed by atoms with Crippen LogP contribution in [0.15, 0.2) is 12.2 Å². The van der Waals surface area contributed by atoms with Crippen LogP contribution >= 0.6 is 0 Å². The van der Waals surface area contributed by atoms with E-state index in [0.29, 0.717) is 29.6 Å². The average Bonchev–Trinajstić information content (AvgIpc) is 3.66. The number of nitrogens with one attached hydrogen (secondary N) is 1. The quantitative estimate of drug-likeness (QED) is 0.0907. The molecule has 12 nitrogen and oxygen atoms in total. The van der Waals surface area contributed by atoms with Gasteiger partial charge in [0.25, 0.3) is 0 Å². The first kappa shape index (κ1) is 50.9. The van der Waals surface area contributed by atoms with Gasteiger partial charge in [-0.3, -0.25) is 19.2 Å². The van der Waals surface area contributed by atoms with Crippen molar-refractivity contribution in [2.45, 2.75) is 183 Å². The average molecular weight is 898 g/mol. The summed E-state index contributed by atoms with van der Waals surface area (Å²) in [6, 6.07) is 0.0149. The molecule has 1 heterocycles. The summed E-state index contributed by atoms with van der Waals surface area (Å²) in [6.07, 6.45) is 14.1. The smallest absolute Gasteiger partial charge is 0.309 e. The number of rotatable bonds is 11. The third-order valence-corrected chi connectivity index (χ3v) is 20.3. The summed E-state index contributed by atoms with van der Waals surface area (Å²) in [5.74, 6) is 1.23. The van der Waals surface area contributed by atoms with Crippen molar-refractivity contribution in [3.8, 4) is 0 Å². The summed E-state index contributed by atoms with van der Waals surface area (Å²) in [5.41, 5.74) is 3.32. The van der Waals surface area contributed by atoms with E-state index in [-0.39, 0.29) is 63.4 Å². The molecule has 6 saturated carbocycles. The zero-order valence-corrected chi connectivity index (χ0v) is 41.3. The minimum absolute atomic E-state index is 0.00579. The van der Waals surface area contributed by atoms with Crippen LogP contribution in [-0.4, -0.2) is 99.7 Å². The number of hydrogen-bond donors (Lipinski definition) is 6. The number of ether oxygens (including phenoxy) is 1. The van der Waals surface area contributed by atoms with Gasteiger partial charge in [0.05, 0.1) is 42.6 Å². The zero-order chi connectivity index (χ0) is 47.6. The van der Waals surface area contributed by atoms with Crippen LogP contribution in [0, 0.1) is 73.4 Å². The number of nitrogens with two attached hydrogens (primary N) is 1. The van der Waals surface area contributed by atoms with Crippen molar-refractivity contribution in [3.63, 3.8) is 0 Å². The largest absolute Gasteiger partial charge is 0.481 e. The van der Waals surface area contributed by atoms with E-state index >= 15 is 4.79 Å². The molecule has 0 spiro atoms. The maximum Gasteiger partial charge on any atom is 0.309 e. The second-order valence-corrected chi connectivity index (χ2v) is 24.9. The number of hydrogen-bond acceptors (Lipinski definition) is 9. The molecular formula is C52H87N3O9. The van der Waals surface area contributed by atoms with Gasteiger partial charge in [-0.05, 0) is 162 Å². The van der Waals surface area contributed by atoms with Gasteiger partial charge in [0.15, 0.2) is 0 Å². The van der Waals surface area contributed by atoms with Crippen LogP contribution in [0.25, 0.3) is 0 Å². The molecule has 0 aromatic carbocycles. The van der Waals surface area contributed by atoms with Crippen molar-refractivity contribution >= 4 is 23.8 Å². The molecule has 364 valence electrons. The third kappa shape index (κ3) is 8.30. The maximum atomic E-state index is 15.1. The summed E-state index contributed by atoms with van der Waals surface area (Å²) in [6.45, 7) is 27.2. The van der Waals surface area contributed by atoms with Crippen LogP contribution in [0.5, 0.6) is 0 Å². The van der Waals surface area contributed by atoms with Gasteiger partial charge < -0.3 is 41.1 Å². The maximum absolute atomic E-state index is 15.1. The number of carbonyl (C=O) groups is 4. The summed E-state index contributed by atoms with van der Waals surface area (Å²) < 4.78 is 6.19. The normalized spacial score (nSPS) is 39.8. The molecule has 0 bridgehead atoms. The zero-order valence-electron chi connectivity index (χ0n) is 41.3. The predicted molar refractivity (Wildman–Crippen MR) is 247 cm³/mol. The molecule has 7 N–H and O–H groups in total. The molecule has 1 saturated heterocycles. The number of esters is 1. The van der Waals surface area contributed by atoms with Crippen LogP contribution in [0.4, 0.5) is 0 Å². The van der Waals surface area contributed by atoms with Crippen molar-refractivity contribution in [1.29, 1.82) is 0 Å². The highest BCUT2D eigenvalue weighted by Crippen LogP contribution is 2.78. The Morgan fingerprint density at radius 2 is 1.41 bits per heavy atom. The molecule has 2 amide bonds. The second kappa shape index (κ2) is 17.8. The fraction of sp³-hybridized carbons (Fsp3) is 0.885. The number of allylic oxidation sites excluding steroid dienone is 1. The van der Waals surface area contributed by atoms with Crippen LogP contribution in [-0.2, 0) is 23.9 Å². The molecule has 64 heavy (non-hydrogen) atoms. The molecule has 0 aromatic rings. The van der Waals surface area contributed by atoms with E-state index in [0.717, 1.165) is 96.6 Å². The van der Waals surface area contributed by atoms with E-state index in [1.165, 1.54) is 12.0 Å². The van der Waals surface area contributed by atoms with Gasteiger partial charge in [0, 0.05) is 30.5 Å². The SMILES string of the molecule is C=C(C)[C@@H]1CC[C@]2(C(=O)NC3C[C@H](C(=O)N4CCCCC4)C3(C)C)CC[C@@]3(C)C4CC[C@H]5C(C)(C)[C@@H](OC(=O)CC(C)(C)C(=O)O)CC[C@]5(C)[C@H]4CC[C@]3(C)C12.NC(CO)(CO)CO. The van der Waals surface area contributed by atoms with Gasteiger partial charge in [-0.2, -0.15) is 0 Å². The van der Waals surface area contributed by atoms with Crippen LogP contribution < -0.4 is 11.1 Å². The Kier molecular flexibility index (Phi) is 14.2. The van der Waals surface area contributed by atoms with Gasteiger partial charge in [-0.15, -0.1) is 0 Å². The first-order chi connectivity index (χ1) is 29.7. The molecule has 0 radical (unpaired) electrons. The Morgan fingerprint density at radius 1 is 0.781 bits per heavy atom. The molecular weight excluding hydrogens is 811 g/mol. The lowest BCUT2D eigenvalue weighted by molar-refractivity contribution is -0.240. The number of fused-ring (bicyclic) bond motifs is 7. The number of aliphatic hydroxyl groups excluding tert-OH is 3. The minimum atomic E-state index is -1.21. The summed E-state index contributed by atoms with van der Waals surface area (Å²) in [5, 5.41) is 38.3. The Bertz CT molecular complexity index is 1780. The van der Waals surface area contributed by atoms with Gasteiger partial charge in [0.2, 0.25) is 11.8 Å². The first-order valence-electron chi connectivity index (χ1n) is 25.0. The van der Waals surface area contributed by atoms with E-state index in [4.69, 9.17) is 25.8 Å². The molecule has 7 aliphatic rings. The fourth-order valence-corrected chi connectivity index (χ4v) is 15.7. The third-order valence-electron chi connectivity index (χ3n) is 20.3. The highest BCUT2D eigenvalue weighted by Gasteiger charge is 2.73. The van der Waals surface area contributed by atoms with Crippen molar-refractivity contribution in [1.82, 2.24) is 10.2 Å². The molecule has 0 aromatic heterocycles. The minimum Gasteiger partial charge on any atom is -0.481 e. The van der Waals surface area contributed by atoms with Gasteiger partial charge in [0.1, 0.15) is 6.10 Å². The van der Waals surface area contributed by atoms with E-state index < -0.39 is 48.1 Å². The van der Waals surface area contributed by atoms with Crippen LogP contribution in [0.2, 0.25) is 0 Å². The predicted octanol–water partition coefficient (Wildman–Crippen LogP) is 7.26. The Morgan fingerprint density at radius 3 is 1.95 bits per heavy atom. The van der Waals surface area contributed by atoms with E-state index in [9.17, 15) is 19.5 Å². The standard InChI is InChI=1S/C48H76N2O6.C4H11NO3/c1-29(2)30-17-22-48(40(53)49-35-27-33(43(35,5)6)39(52)50-25-13-12-14-26-50)24-23-46(10)32-15-16-34-44(7,8)36(56-37(51)28-42(3,4)41(54)55)19-20-45(34,9)31(32)18-21-47(46,11)38(30)48;5-4(1-6,2-7)3-8/h30-36,38H,1,12-28H2,2-11H3,(H,49,53)(H,54,55);6-8H,1-3,5H2/t30-,31-,32?,33+,34-,35?,36-,38?,45+,46-,47+,48-;/m0./s1. The monoisotopic (exact) mass is 898 g/mol. The second-order valence-electron chi connectivity index (χ2n) is 24.9. The summed E-state index contributed by atoms with van der Waals surface area (Å²) in [4.78, 5) is 55.7. The molecule has 6 aliphatic carbocycles. The van der Waals surface area contributed by atoms with Gasteiger partial charge in [-0.1, -0.05) is 60.6 Å². The number of carboxylic acid groups (broad SMARTS) is 1. The number of likely N-dealkylation sites (tertiary alicyclic amines) is 1. The Hall–Kier alpha value is -2.54. The Balaban J connectivity index is 0.000000776. The Labute approximate surface area is 384 Å². The van der Waals surface area contributed by atoms with E-state index in [1.807, 2.05) is 0 Å². The number of carboxylic acids is 1. The number of piperidine rings is 1. The number of carbonyl (C=O) groups excluding carboxylic acids is 3. The molecule has 12 heteroatoms. The molecule has 3 unspecified atom stereocenters. The van der Waals surface area contributed by atoms with Crippen LogP contribution in [0.3, 0.4) is 0 Å². The van der Waals surface area contributed by atoms with E-state index in [1.54, 1.807) is 13.8 Å². The number of nitrogens with zero attached hydrogens (tertiary/aromatic N) is 1. The fourth-order valence-electron chi connectivity index (χ4n) is 15.7. The van der Waals surface area contributed by atoms with Gasteiger partial charge >= 0.3 is 11.9 Å². The lowest BCUT2D eigenvalue weighted by Gasteiger charge is -2.72. The van der Waals surface area contributed by atoms with Crippen molar-refractivity contribution in [3.05, 3.63) is 12.2 Å². The van der Waals surface area contributed by atoms with Crippen molar-refractivity contribution in [2.24, 2.45) is 79.1 Å². The first-order valence-corrected chi connectivity index (χ1v) is 25.0. The summed E-state index contributed by atoms with van der Waals surface area (Å²) in [7, 11) is 0. The van der Waals surface area contributed by atoms with Crippen molar-refractivity contribution in [2.75, 3.05) is 32.9 Å². The highest BCUT2D eigenvalue weighted by molar-refractivity contribution is 5.86. The lowest BCUT2D eigenvalue weighted by atomic mass is 9.33. The van der Waals surface area contributed by atoms with E-state index in [2.05, 4.69) is 72.2 Å². The lowest BCUT2D eigenvalue weighted by Crippen LogP contribution is -2.69. The summed E-state index contributed by atoms with van der Waals surface area (Å²) >= 11 is 0.